The molecule has 2 aliphatic rings. The van der Waals surface area contributed by atoms with E-state index in [0.29, 0.717) is 17.7 Å². The number of aromatic hydroxyl groups is 1. The van der Waals surface area contributed by atoms with Gasteiger partial charge in [0.1, 0.15) is 16.1 Å². The summed E-state index contributed by atoms with van der Waals surface area (Å²) in [6, 6.07) is 10.4. The number of thiazole rings is 1. The van der Waals surface area contributed by atoms with Crippen molar-refractivity contribution in [2.24, 2.45) is 5.92 Å². The highest BCUT2D eigenvalue weighted by Crippen LogP contribution is 2.38. The van der Waals surface area contributed by atoms with Crippen molar-refractivity contribution in [1.29, 1.82) is 0 Å². The molecule has 1 N–H and O–H groups in total. The Morgan fingerprint density at radius 2 is 2.19 bits per heavy atom. The maximum atomic E-state index is 10.2. The first-order valence-electron chi connectivity index (χ1n) is 9.21. The van der Waals surface area contributed by atoms with Crippen LogP contribution in [0.25, 0.3) is 10.3 Å². The Bertz CT molecular complexity index is 996. The van der Waals surface area contributed by atoms with Crippen molar-refractivity contribution in [2.75, 3.05) is 19.3 Å². The molecule has 0 amide bonds. The summed E-state index contributed by atoms with van der Waals surface area (Å²) in [6.45, 7) is 1.01. The summed E-state index contributed by atoms with van der Waals surface area (Å²) in [6.07, 6.45) is 6.23. The fourth-order valence-corrected chi connectivity index (χ4v) is 6.25. The number of nitrogens with zero attached hydrogens (tertiary/aromatic N) is 3. The number of benzene rings is 1. The second-order valence-corrected chi connectivity index (χ2v) is 9.59. The van der Waals surface area contributed by atoms with E-state index in [1.165, 1.54) is 11.1 Å². The lowest BCUT2D eigenvalue weighted by molar-refractivity contribution is 0.184. The van der Waals surface area contributed by atoms with Crippen molar-refractivity contribution in [2.45, 2.75) is 23.2 Å². The molecular formula is C21H21N3OS2. The molecule has 3 heterocycles. The molecule has 2 atom stereocenters. The third kappa shape index (κ3) is 3.26. The van der Waals surface area contributed by atoms with Crippen LogP contribution < -0.4 is 0 Å². The van der Waals surface area contributed by atoms with Crippen LogP contribution in [0.5, 0.6) is 5.75 Å². The van der Waals surface area contributed by atoms with Crippen molar-refractivity contribution >= 4 is 33.4 Å². The molecule has 5 rings (SSSR count). The number of rotatable bonds is 3. The van der Waals surface area contributed by atoms with Gasteiger partial charge in [0, 0.05) is 24.5 Å². The van der Waals surface area contributed by atoms with Crippen LogP contribution in [0, 0.1) is 5.92 Å². The van der Waals surface area contributed by atoms with Gasteiger partial charge in [0.25, 0.3) is 0 Å². The number of likely N-dealkylation sites (N-methyl/N-ethyl adjacent to an activating group) is 1. The molecule has 0 radical (unpaired) electrons. The zero-order valence-corrected chi connectivity index (χ0v) is 16.8. The molecular weight excluding hydrogens is 374 g/mol. The van der Waals surface area contributed by atoms with Gasteiger partial charge in [-0.3, -0.25) is 4.90 Å². The second kappa shape index (κ2) is 6.93. The van der Waals surface area contributed by atoms with E-state index in [2.05, 4.69) is 34.1 Å². The van der Waals surface area contributed by atoms with Gasteiger partial charge in [0.05, 0.1) is 0 Å². The molecule has 2 unspecified atom stereocenters. The van der Waals surface area contributed by atoms with Crippen molar-refractivity contribution in [1.82, 2.24) is 14.9 Å². The summed E-state index contributed by atoms with van der Waals surface area (Å²) < 4.78 is 1.08. The largest absolute Gasteiger partial charge is 0.508 e. The average Bonchev–Trinajstić information content (AvgIpc) is 3.09. The lowest BCUT2D eigenvalue weighted by Crippen LogP contribution is -2.46. The predicted molar refractivity (Wildman–Crippen MR) is 112 cm³/mol. The zero-order valence-electron chi connectivity index (χ0n) is 15.1. The Kier molecular flexibility index (Phi) is 4.42. The van der Waals surface area contributed by atoms with Gasteiger partial charge in [-0.15, -0.1) is 0 Å². The minimum absolute atomic E-state index is 0.450. The third-order valence-electron chi connectivity index (χ3n) is 5.61. The summed E-state index contributed by atoms with van der Waals surface area (Å²) in [5, 5.41) is 10.2. The van der Waals surface area contributed by atoms with Crippen molar-refractivity contribution in [3.8, 4) is 5.75 Å². The van der Waals surface area contributed by atoms with E-state index < -0.39 is 0 Å². The monoisotopic (exact) mass is 395 g/mol. The Balaban J connectivity index is 1.34. The Morgan fingerprint density at radius 1 is 1.26 bits per heavy atom. The maximum Gasteiger partial charge on any atom is 0.152 e. The quantitative estimate of drug-likeness (QED) is 0.533. The number of aromatic nitrogens is 2. The first kappa shape index (κ1) is 17.2. The van der Waals surface area contributed by atoms with Gasteiger partial charge >= 0.3 is 0 Å². The predicted octanol–water partition coefficient (Wildman–Crippen LogP) is 4.14. The fraction of sp³-hybridized carbons (Fsp3) is 0.333. The SMILES string of the molecule is CN1CC(CSc2nc3cccnc3s2)=CC2Cc3c(O)cccc3CC21. The standard InChI is InChI=1S/C21H21N3OS2/c1-24-11-13(12-26-21-23-17-5-3-7-22-20(17)27-21)8-15-9-16-14(10-18(15)24)4-2-6-19(16)25/h2-8,15,18,25H,9-12H2,1H3. The maximum absolute atomic E-state index is 10.2. The van der Waals surface area contributed by atoms with Gasteiger partial charge in [-0.1, -0.05) is 41.3 Å². The summed E-state index contributed by atoms with van der Waals surface area (Å²) in [5.41, 5.74) is 4.87. The number of fused-ring (bicyclic) bond motifs is 3. The van der Waals surface area contributed by atoms with Gasteiger partial charge in [-0.2, -0.15) is 0 Å². The minimum Gasteiger partial charge on any atom is -0.508 e. The average molecular weight is 396 g/mol. The Morgan fingerprint density at radius 3 is 3.07 bits per heavy atom. The van der Waals surface area contributed by atoms with Crippen molar-refractivity contribution in [3.05, 3.63) is 59.3 Å². The summed E-state index contributed by atoms with van der Waals surface area (Å²) in [7, 11) is 2.23. The van der Waals surface area contributed by atoms with E-state index in [9.17, 15) is 5.11 Å². The Hall–Kier alpha value is -1.89. The van der Waals surface area contributed by atoms with Gasteiger partial charge in [-0.05, 0) is 60.7 Å². The van der Waals surface area contributed by atoms with Gasteiger partial charge in [0.15, 0.2) is 4.34 Å². The number of pyridine rings is 1. The van der Waals surface area contributed by atoms with E-state index in [1.54, 1.807) is 23.1 Å². The first-order valence-corrected chi connectivity index (χ1v) is 11.0. The molecule has 27 heavy (non-hydrogen) atoms. The van der Waals surface area contributed by atoms with Gasteiger partial charge in [-0.25, -0.2) is 9.97 Å². The lowest BCUT2D eigenvalue weighted by atomic mass is 9.76. The van der Waals surface area contributed by atoms with Crippen LogP contribution in [-0.2, 0) is 12.8 Å². The van der Waals surface area contributed by atoms with E-state index >= 15 is 0 Å². The van der Waals surface area contributed by atoms with Crippen LogP contribution in [-0.4, -0.2) is 45.4 Å². The molecule has 0 spiro atoms. The first-order chi connectivity index (χ1) is 13.2. The highest BCUT2D eigenvalue weighted by molar-refractivity contribution is 8.01. The molecule has 6 heteroatoms. The Labute approximate surface area is 167 Å². The number of hydrogen-bond acceptors (Lipinski definition) is 6. The number of phenols is 1. The molecule has 3 aromatic rings. The highest BCUT2D eigenvalue weighted by Gasteiger charge is 2.34. The smallest absolute Gasteiger partial charge is 0.152 e. The van der Waals surface area contributed by atoms with Crippen LogP contribution in [0.3, 0.4) is 0 Å². The highest BCUT2D eigenvalue weighted by atomic mass is 32.2. The lowest BCUT2D eigenvalue weighted by Gasteiger charge is -2.42. The number of thioether (sulfide) groups is 1. The van der Waals surface area contributed by atoms with Gasteiger partial charge < -0.3 is 5.11 Å². The molecule has 4 nitrogen and oxygen atoms in total. The molecule has 0 saturated carbocycles. The number of hydrogen-bond donors (Lipinski definition) is 1. The normalized spacial score (nSPS) is 22.3. The molecule has 1 aliphatic carbocycles. The minimum atomic E-state index is 0.450. The molecule has 0 bridgehead atoms. The summed E-state index contributed by atoms with van der Waals surface area (Å²) in [4.78, 5) is 12.6. The fourth-order valence-electron chi connectivity index (χ4n) is 4.30. The van der Waals surface area contributed by atoms with Crippen LogP contribution in [0.4, 0.5) is 0 Å². The molecule has 0 fully saturated rings. The third-order valence-corrected chi connectivity index (χ3v) is 7.84. The van der Waals surface area contributed by atoms with Crippen molar-refractivity contribution in [3.63, 3.8) is 0 Å². The summed E-state index contributed by atoms with van der Waals surface area (Å²) in [5.74, 6) is 1.88. The zero-order chi connectivity index (χ0) is 18.4. The van der Waals surface area contributed by atoms with E-state index in [4.69, 9.17) is 0 Å². The van der Waals surface area contributed by atoms with Gasteiger partial charge in [0.2, 0.25) is 0 Å². The molecule has 1 aliphatic heterocycles. The van der Waals surface area contributed by atoms with E-state index in [0.717, 1.165) is 45.4 Å². The van der Waals surface area contributed by atoms with E-state index in [-0.39, 0.29) is 0 Å². The van der Waals surface area contributed by atoms with Crippen molar-refractivity contribution < 1.29 is 5.11 Å². The topological polar surface area (TPSA) is 49.2 Å². The molecule has 1 aromatic carbocycles. The van der Waals surface area contributed by atoms with Crippen LogP contribution >= 0.6 is 23.1 Å². The van der Waals surface area contributed by atoms with E-state index in [1.807, 2.05) is 30.5 Å². The van der Waals surface area contributed by atoms with Crippen LogP contribution in [0.2, 0.25) is 0 Å². The second-order valence-electron chi connectivity index (χ2n) is 7.39. The number of phenolic OH excluding ortho intramolecular Hbond substituents is 1. The van der Waals surface area contributed by atoms with Crippen LogP contribution in [0.15, 0.2) is 52.5 Å². The molecule has 2 aromatic heterocycles. The molecule has 0 saturated heterocycles. The molecule has 138 valence electrons. The van der Waals surface area contributed by atoms with Crippen LogP contribution in [0.1, 0.15) is 11.1 Å². The summed E-state index contributed by atoms with van der Waals surface area (Å²) >= 11 is 3.47.